The molecule has 32 heavy (non-hydrogen) atoms. The first-order chi connectivity index (χ1) is 15.4. The molecule has 0 spiro atoms. The van der Waals surface area contributed by atoms with E-state index >= 15 is 0 Å². The molecule has 7 heteroatoms. The lowest BCUT2D eigenvalue weighted by atomic mass is 9.93. The van der Waals surface area contributed by atoms with Crippen molar-refractivity contribution in [2.45, 2.75) is 89.7 Å². The lowest BCUT2D eigenvalue weighted by Gasteiger charge is -2.34. The number of hydrogen-bond donors (Lipinski definition) is 1. The highest BCUT2D eigenvalue weighted by Crippen LogP contribution is 2.26. The first-order valence-electron chi connectivity index (χ1n) is 12.5. The van der Waals surface area contributed by atoms with Gasteiger partial charge in [0, 0.05) is 25.4 Å². The molecule has 0 amide bonds. The zero-order valence-corrected chi connectivity index (χ0v) is 21.3. The van der Waals surface area contributed by atoms with Crippen molar-refractivity contribution >= 4 is 15.9 Å². The van der Waals surface area contributed by atoms with Crippen LogP contribution in [0.1, 0.15) is 77.6 Å². The molecule has 0 bridgehead atoms. The topological polar surface area (TPSA) is 61.9 Å². The Labute approximate surface area is 196 Å². The van der Waals surface area contributed by atoms with Gasteiger partial charge in [0.15, 0.2) is 0 Å². The van der Waals surface area contributed by atoms with E-state index in [1.165, 1.54) is 55.9 Å². The van der Waals surface area contributed by atoms with Crippen LogP contribution < -0.4 is 4.72 Å². The van der Waals surface area contributed by atoms with Crippen molar-refractivity contribution in [3.05, 3.63) is 30.3 Å². The van der Waals surface area contributed by atoms with Crippen molar-refractivity contribution in [2.75, 3.05) is 38.5 Å². The minimum Gasteiger partial charge on any atom is -0.378 e. The van der Waals surface area contributed by atoms with Crippen molar-refractivity contribution in [1.82, 2.24) is 9.21 Å². The number of hydrogen-bond acceptors (Lipinski definition) is 4. The molecule has 0 saturated heterocycles. The van der Waals surface area contributed by atoms with E-state index in [1.807, 2.05) is 18.2 Å². The van der Waals surface area contributed by atoms with Gasteiger partial charge in [-0.25, -0.2) is 0 Å². The third-order valence-corrected chi connectivity index (χ3v) is 8.04. The Morgan fingerprint density at radius 2 is 1.53 bits per heavy atom. The molecule has 0 atom stereocenters. The van der Waals surface area contributed by atoms with Crippen LogP contribution in [0, 0.1) is 0 Å². The average Bonchev–Trinajstić information content (AvgIpc) is 2.79. The largest absolute Gasteiger partial charge is 0.378 e. The van der Waals surface area contributed by atoms with Crippen LogP contribution in [0.25, 0.3) is 0 Å². The fourth-order valence-electron chi connectivity index (χ4n) is 4.33. The number of benzene rings is 1. The molecule has 1 aliphatic carbocycles. The van der Waals surface area contributed by atoms with Crippen molar-refractivity contribution in [1.29, 1.82) is 0 Å². The summed E-state index contributed by atoms with van der Waals surface area (Å²) in [6.45, 7) is 5.50. The quantitative estimate of drug-likeness (QED) is 0.336. The Morgan fingerprint density at radius 1 is 0.906 bits per heavy atom. The molecule has 1 aromatic carbocycles. The van der Waals surface area contributed by atoms with Crippen LogP contribution in [0.2, 0.25) is 0 Å². The number of unbranched alkanes of at least 4 members (excludes halogenated alkanes) is 5. The summed E-state index contributed by atoms with van der Waals surface area (Å²) >= 11 is 0. The number of nitrogens with zero attached hydrogens (tertiary/aromatic N) is 2. The third-order valence-electron chi connectivity index (χ3n) is 6.49. The van der Waals surface area contributed by atoms with Crippen LogP contribution in [-0.2, 0) is 14.9 Å². The van der Waals surface area contributed by atoms with Gasteiger partial charge < -0.3 is 9.64 Å². The molecule has 0 aromatic heterocycles. The van der Waals surface area contributed by atoms with E-state index in [9.17, 15) is 8.42 Å². The summed E-state index contributed by atoms with van der Waals surface area (Å²) < 4.78 is 35.6. The lowest BCUT2D eigenvalue weighted by Crippen LogP contribution is -2.43. The van der Waals surface area contributed by atoms with Crippen LogP contribution in [0.4, 0.5) is 5.69 Å². The number of rotatable bonds is 16. The van der Waals surface area contributed by atoms with Crippen molar-refractivity contribution in [3.8, 4) is 0 Å². The van der Waals surface area contributed by atoms with Gasteiger partial charge in [0.25, 0.3) is 0 Å². The molecule has 0 heterocycles. The molecular formula is C25H45N3O3S. The van der Waals surface area contributed by atoms with Gasteiger partial charge in [-0.1, -0.05) is 50.8 Å². The highest BCUT2D eigenvalue weighted by atomic mass is 32.2. The van der Waals surface area contributed by atoms with E-state index in [2.05, 4.69) is 23.6 Å². The Hall–Kier alpha value is -1.15. The van der Waals surface area contributed by atoms with Gasteiger partial charge in [0.2, 0.25) is 0 Å². The van der Waals surface area contributed by atoms with Gasteiger partial charge in [-0.2, -0.15) is 12.7 Å². The highest BCUT2D eigenvalue weighted by Gasteiger charge is 2.30. The summed E-state index contributed by atoms with van der Waals surface area (Å²) in [4.78, 5) is 2.46. The van der Waals surface area contributed by atoms with Gasteiger partial charge in [-0.3, -0.25) is 4.72 Å². The zero-order valence-electron chi connectivity index (χ0n) is 20.5. The molecule has 0 unspecified atom stereocenters. The van der Waals surface area contributed by atoms with Crippen LogP contribution >= 0.6 is 0 Å². The fourth-order valence-corrected chi connectivity index (χ4v) is 5.51. The second-order valence-electron chi connectivity index (χ2n) is 9.22. The summed E-state index contributed by atoms with van der Waals surface area (Å²) in [7, 11) is 0.376. The molecule has 1 aromatic rings. The molecule has 0 radical (unpaired) electrons. The van der Waals surface area contributed by atoms with Crippen LogP contribution in [0.15, 0.2) is 30.3 Å². The Balaban J connectivity index is 1.54. The molecule has 0 aliphatic heterocycles. The Bertz CT molecular complexity index is 706. The SMILES string of the molecule is CCCCCN(C)CCCCCCOC1CCC(N(C)S(=O)(=O)Nc2ccccc2)CC1. The van der Waals surface area contributed by atoms with E-state index in [4.69, 9.17) is 4.74 Å². The molecule has 2 rings (SSSR count). The minimum absolute atomic E-state index is 0.0328. The molecular weight excluding hydrogens is 422 g/mol. The predicted octanol–water partition coefficient (Wildman–Crippen LogP) is 5.29. The van der Waals surface area contributed by atoms with Gasteiger partial charge in [-0.05, 0) is 77.2 Å². The second-order valence-corrected chi connectivity index (χ2v) is 10.9. The number of nitrogens with one attached hydrogen (secondary N) is 1. The summed E-state index contributed by atoms with van der Waals surface area (Å²) in [5.74, 6) is 0. The molecule has 1 N–H and O–H groups in total. The van der Waals surface area contributed by atoms with E-state index < -0.39 is 10.2 Å². The average molecular weight is 468 g/mol. The van der Waals surface area contributed by atoms with Crippen molar-refractivity contribution in [3.63, 3.8) is 0 Å². The van der Waals surface area contributed by atoms with Crippen LogP contribution in [0.3, 0.4) is 0 Å². The van der Waals surface area contributed by atoms with Crippen molar-refractivity contribution < 1.29 is 13.2 Å². The van der Waals surface area contributed by atoms with Gasteiger partial charge in [0.05, 0.1) is 6.10 Å². The molecule has 184 valence electrons. The maximum absolute atomic E-state index is 12.7. The summed E-state index contributed by atoms with van der Waals surface area (Å²) in [6.07, 6.45) is 12.6. The monoisotopic (exact) mass is 467 g/mol. The first kappa shape index (κ1) is 27.1. The number of anilines is 1. The number of ether oxygens (including phenoxy) is 1. The van der Waals surface area contributed by atoms with Crippen molar-refractivity contribution in [2.24, 2.45) is 0 Å². The van der Waals surface area contributed by atoms with E-state index in [-0.39, 0.29) is 12.1 Å². The third kappa shape index (κ3) is 10.2. The minimum atomic E-state index is -3.53. The van der Waals surface area contributed by atoms with Crippen LogP contribution in [-0.4, -0.2) is 63.6 Å². The molecule has 1 aliphatic rings. The normalized spacial score (nSPS) is 19.5. The maximum atomic E-state index is 12.7. The van der Waals surface area contributed by atoms with E-state index in [0.717, 1.165) is 38.7 Å². The summed E-state index contributed by atoms with van der Waals surface area (Å²) in [5.41, 5.74) is 0.597. The Kier molecular flexibility index (Phi) is 12.6. The molecule has 1 fully saturated rings. The van der Waals surface area contributed by atoms with Gasteiger partial charge in [0.1, 0.15) is 0 Å². The van der Waals surface area contributed by atoms with Gasteiger partial charge >= 0.3 is 10.2 Å². The van der Waals surface area contributed by atoms with Crippen LogP contribution in [0.5, 0.6) is 0 Å². The fraction of sp³-hybridized carbons (Fsp3) is 0.760. The van der Waals surface area contributed by atoms with E-state index in [0.29, 0.717) is 5.69 Å². The first-order valence-corrected chi connectivity index (χ1v) is 14.0. The Morgan fingerprint density at radius 3 is 2.19 bits per heavy atom. The molecule has 1 saturated carbocycles. The maximum Gasteiger partial charge on any atom is 0.301 e. The second kappa shape index (κ2) is 14.9. The zero-order chi connectivity index (χ0) is 23.2. The standard InChI is InChI=1S/C25H45N3O3S/c1-4-5-11-20-27(2)21-12-6-7-13-22-31-25-18-16-24(17-19-25)28(3)32(29,30)26-23-14-9-8-10-15-23/h8-10,14-15,24-26H,4-7,11-13,16-22H2,1-3H3. The smallest absolute Gasteiger partial charge is 0.301 e. The van der Waals surface area contributed by atoms with E-state index in [1.54, 1.807) is 19.2 Å². The molecule has 6 nitrogen and oxygen atoms in total. The number of para-hydroxylation sites is 1. The highest BCUT2D eigenvalue weighted by molar-refractivity contribution is 7.90. The predicted molar refractivity (Wildman–Crippen MR) is 134 cm³/mol. The van der Waals surface area contributed by atoms with Gasteiger partial charge in [-0.15, -0.1) is 0 Å². The summed E-state index contributed by atoms with van der Waals surface area (Å²) in [5, 5.41) is 0. The lowest BCUT2D eigenvalue weighted by molar-refractivity contribution is 0.0157. The summed E-state index contributed by atoms with van der Waals surface area (Å²) in [6, 6.07) is 9.09.